The Kier molecular flexibility index (Phi) is 7.67. The van der Waals surface area contributed by atoms with Crippen LogP contribution in [0.25, 0.3) is 0 Å². The number of aryl methyl sites for hydroxylation is 2. The van der Waals surface area contributed by atoms with Crippen LogP contribution in [0.5, 0.6) is 17.2 Å². The highest BCUT2D eigenvalue weighted by molar-refractivity contribution is 5.79. The number of carbonyl (C=O) groups is 1. The van der Waals surface area contributed by atoms with Crippen molar-refractivity contribution in [3.63, 3.8) is 0 Å². The molecule has 0 radical (unpaired) electrons. The molecule has 1 fully saturated rings. The molecule has 8 heteroatoms. The van der Waals surface area contributed by atoms with Gasteiger partial charge in [0.2, 0.25) is 11.8 Å². The summed E-state index contributed by atoms with van der Waals surface area (Å²) in [5.74, 6) is 3.45. The van der Waals surface area contributed by atoms with E-state index in [4.69, 9.17) is 18.7 Å². The zero-order chi connectivity index (χ0) is 23.9. The van der Waals surface area contributed by atoms with Gasteiger partial charge in [0.25, 0.3) is 0 Å². The SMILES string of the molecule is CCOc1ccc(CN2CC(c3noc(CCc4ccc(OC)cc4)n3)CC2=O)cc1OCC. The molecule has 1 saturated heterocycles. The molecule has 0 spiro atoms. The van der Waals surface area contributed by atoms with Gasteiger partial charge in [-0.25, -0.2) is 0 Å². The highest BCUT2D eigenvalue weighted by atomic mass is 16.5. The zero-order valence-corrected chi connectivity index (χ0v) is 20.0. The molecule has 2 aromatic carbocycles. The fourth-order valence-electron chi connectivity index (χ4n) is 4.09. The molecule has 1 aromatic heterocycles. The highest BCUT2D eigenvalue weighted by Crippen LogP contribution is 2.31. The van der Waals surface area contributed by atoms with E-state index in [-0.39, 0.29) is 11.8 Å². The fourth-order valence-corrected chi connectivity index (χ4v) is 4.09. The van der Waals surface area contributed by atoms with Gasteiger partial charge in [-0.05, 0) is 55.7 Å². The third kappa shape index (κ3) is 5.68. The summed E-state index contributed by atoms with van der Waals surface area (Å²) >= 11 is 0. The summed E-state index contributed by atoms with van der Waals surface area (Å²) in [6.45, 7) is 6.06. The highest BCUT2D eigenvalue weighted by Gasteiger charge is 2.33. The summed E-state index contributed by atoms with van der Waals surface area (Å²) in [5.41, 5.74) is 2.17. The predicted molar refractivity (Wildman–Crippen MR) is 126 cm³/mol. The van der Waals surface area contributed by atoms with Gasteiger partial charge in [-0.2, -0.15) is 4.98 Å². The summed E-state index contributed by atoms with van der Waals surface area (Å²) in [4.78, 5) is 19.1. The lowest BCUT2D eigenvalue weighted by molar-refractivity contribution is -0.128. The molecular weight excluding hydrogens is 434 g/mol. The Labute approximate surface area is 199 Å². The summed E-state index contributed by atoms with van der Waals surface area (Å²) in [7, 11) is 1.65. The first kappa shape index (κ1) is 23.6. The first-order valence-electron chi connectivity index (χ1n) is 11.7. The Hall–Kier alpha value is -3.55. The molecule has 34 heavy (non-hydrogen) atoms. The van der Waals surface area contributed by atoms with Crippen molar-refractivity contribution in [2.75, 3.05) is 26.9 Å². The topological polar surface area (TPSA) is 86.9 Å². The molecule has 0 aliphatic carbocycles. The van der Waals surface area contributed by atoms with Crippen molar-refractivity contribution >= 4 is 5.91 Å². The standard InChI is InChI=1S/C26H31N3O5/c1-4-32-22-12-8-19(14-23(22)33-5-2)16-29-17-20(15-25(29)30)26-27-24(34-28-26)13-9-18-6-10-21(31-3)11-7-18/h6-8,10-12,14,20H,4-5,9,13,15-17H2,1-3H3. The van der Waals surface area contributed by atoms with Crippen molar-refractivity contribution in [2.24, 2.45) is 0 Å². The molecule has 1 aliphatic rings. The first-order valence-corrected chi connectivity index (χ1v) is 11.7. The van der Waals surface area contributed by atoms with Gasteiger partial charge in [0.1, 0.15) is 5.75 Å². The largest absolute Gasteiger partial charge is 0.497 e. The van der Waals surface area contributed by atoms with Gasteiger partial charge in [0.15, 0.2) is 17.3 Å². The third-order valence-electron chi connectivity index (χ3n) is 5.83. The van der Waals surface area contributed by atoms with Crippen LogP contribution in [0.15, 0.2) is 47.0 Å². The molecule has 3 aromatic rings. The normalized spacial score (nSPS) is 15.6. The summed E-state index contributed by atoms with van der Waals surface area (Å²) < 4.78 is 22.0. The van der Waals surface area contributed by atoms with Crippen LogP contribution in [0.4, 0.5) is 0 Å². The van der Waals surface area contributed by atoms with Crippen molar-refractivity contribution in [3.8, 4) is 17.2 Å². The van der Waals surface area contributed by atoms with Crippen molar-refractivity contribution in [2.45, 2.75) is 45.6 Å². The van der Waals surface area contributed by atoms with E-state index in [0.717, 1.165) is 17.7 Å². The van der Waals surface area contributed by atoms with Crippen LogP contribution in [-0.2, 0) is 24.2 Å². The van der Waals surface area contributed by atoms with Crippen LogP contribution in [0.1, 0.15) is 49.0 Å². The Morgan fingerprint density at radius 2 is 1.74 bits per heavy atom. The second kappa shape index (κ2) is 11.0. The van der Waals surface area contributed by atoms with Crippen molar-refractivity contribution in [3.05, 3.63) is 65.3 Å². The van der Waals surface area contributed by atoms with Crippen molar-refractivity contribution in [1.82, 2.24) is 15.0 Å². The average molecular weight is 466 g/mol. The lowest BCUT2D eigenvalue weighted by Gasteiger charge is -2.18. The maximum atomic E-state index is 12.7. The van der Waals surface area contributed by atoms with E-state index in [1.54, 1.807) is 7.11 Å². The van der Waals surface area contributed by atoms with Crippen LogP contribution in [0.3, 0.4) is 0 Å². The number of carbonyl (C=O) groups excluding carboxylic acids is 1. The quantitative estimate of drug-likeness (QED) is 0.420. The molecule has 0 bridgehead atoms. The molecule has 1 unspecified atom stereocenters. The summed E-state index contributed by atoms with van der Waals surface area (Å²) in [5, 5.41) is 4.16. The molecule has 1 amide bonds. The average Bonchev–Trinajstić information content (AvgIpc) is 3.47. The number of benzene rings is 2. The van der Waals surface area contributed by atoms with Crippen LogP contribution >= 0.6 is 0 Å². The van der Waals surface area contributed by atoms with E-state index >= 15 is 0 Å². The van der Waals surface area contributed by atoms with Crippen LogP contribution in [0.2, 0.25) is 0 Å². The molecule has 0 N–H and O–H groups in total. The second-order valence-electron chi connectivity index (χ2n) is 8.22. The summed E-state index contributed by atoms with van der Waals surface area (Å²) in [6.07, 6.45) is 1.82. The number of ether oxygens (including phenoxy) is 3. The van der Waals surface area contributed by atoms with Gasteiger partial charge in [-0.15, -0.1) is 0 Å². The van der Waals surface area contributed by atoms with Gasteiger partial charge in [-0.3, -0.25) is 4.79 Å². The van der Waals surface area contributed by atoms with Crippen molar-refractivity contribution < 1.29 is 23.5 Å². The maximum Gasteiger partial charge on any atom is 0.226 e. The lowest BCUT2D eigenvalue weighted by Crippen LogP contribution is -2.24. The number of methoxy groups -OCH3 is 1. The number of nitrogens with zero attached hydrogens (tertiary/aromatic N) is 3. The monoisotopic (exact) mass is 465 g/mol. The van der Waals surface area contributed by atoms with Gasteiger partial charge < -0.3 is 23.6 Å². The molecule has 180 valence electrons. The minimum Gasteiger partial charge on any atom is -0.497 e. The van der Waals surface area contributed by atoms with Crippen LogP contribution in [0, 0.1) is 0 Å². The molecule has 1 atom stereocenters. The van der Waals surface area contributed by atoms with Gasteiger partial charge in [0.05, 0.1) is 20.3 Å². The van der Waals surface area contributed by atoms with E-state index in [1.807, 2.05) is 61.2 Å². The molecular formula is C26H31N3O5. The summed E-state index contributed by atoms with van der Waals surface area (Å²) in [6, 6.07) is 13.8. The predicted octanol–water partition coefficient (Wildman–Crippen LogP) is 4.18. The Balaban J connectivity index is 1.35. The minimum absolute atomic E-state index is 0.0694. The van der Waals surface area contributed by atoms with E-state index < -0.39 is 0 Å². The number of rotatable bonds is 11. The zero-order valence-electron chi connectivity index (χ0n) is 20.0. The Bertz CT molecular complexity index is 1100. The number of likely N-dealkylation sites (tertiary alicyclic amines) is 1. The van der Waals surface area contributed by atoms with E-state index in [0.29, 0.717) is 62.4 Å². The molecule has 2 heterocycles. The van der Waals surface area contributed by atoms with Gasteiger partial charge in [-0.1, -0.05) is 23.4 Å². The molecule has 1 aliphatic heterocycles. The smallest absolute Gasteiger partial charge is 0.226 e. The van der Waals surface area contributed by atoms with E-state index in [1.165, 1.54) is 5.56 Å². The number of hydrogen-bond donors (Lipinski definition) is 0. The van der Waals surface area contributed by atoms with Crippen molar-refractivity contribution in [1.29, 1.82) is 0 Å². The van der Waals surface area contributed by atoms with Crippen LogP contribution < -0.4 is 14.2 Å². The van der Waals surface area contributed by atoms with Gasteiger partial charge >= 0.3 is 0 Å². The second-order valence-corrected chi connectivity index (χ2v) is 8.22. The Morgan fingerprint density at radius 3 is 2.47 bits per heavy atom. The number of hydrogen-bond acceptors (Lipinski definition) is 7. The molecule has 0 saturated carbocycles. The van der Waals surface area contributed by atoms with E-state index in [2.05, 4.69) is 10.1 Å². The van der Waals surface area contributed by atoms with Gasteiger partial charge in [0, 0.05) is 31.8 Å². The molecule has 4 rings (SSSR count). The lowest BCUT2D eigenvalue weighted by atomic mass is 10.1. The third-order valence-corrected chi connectivity index (χ3v) is 5.83. The molecule has 8 nitrogen and oxygen atoms in total. The number of aromatic nitrogens is 2. The van der Waals surface area contributed by atoms with E-state index in [9.17, 15) is 4.79 Å². The first-order chi connectivity index (χ1) is 16.6. The Morgan fingerprint density at radius 1 is 1.00 bits per heavy atom. The number of amides is 1. The fraction of sp³-hybridized carbons (Fsp3) is 0.423. The minimum atomic E-state index is -0.0694. The maximum absolute atomic E-state index is 12.7. The van der Waals surface area contributed by atoms with Crippen LogP contribution in [-0.4, -0.2) is 47.8 Å².